The third-order valence-corrected chi connectivity index (χ3v) is 3.84. The molecule has 4 nitrogen and oxygen atoms in total. The van der Waals surface area contributed by atoms with Gasteiger partial charge in [0, 0.05) is 7.05 Å². The number of thiophene rings is 1. The highest BCUT2D eigenvalue weighted by molar-refractivity contribution is 9.10. The maximum atomic E-state index is 4.05. The van der Waals surface area contributed by atoms with Crippen LogP contribution in [0.25, 0.3) is 0 Å². The second-order valence-corrected chi connectivity index (χ2v) is 5.36. The maximum Gasteiger partial charge on any atom is 0.153 e. The van der Waals surface area contributed by atoms with Crippen LogP contribution >= 0.6 is 27.3 Å². The lowest BCUT2D eigenvalue weighted by Crippen LogP contribution is -2.25. The molecule has 0 aromatic carbocycles. The van der Waals surface area contributed by atoms with Gasteiger partial charge < -0.3 is 5.32 Å². The molecule has 0 aliphatic heterocycles. The molecule has 0 spiro atoms. The van der Waals surface area contributed by atoms with Gasteiger partial charge in [0.15, 0.2) is 4.60 Å². The lowest BCUT2D eigenvalue weighted by atomic mass is 10.1. The molecule has 1 atom stereocenters. The summed E-state index contributed by atoms with van der Waals surface area (Å²) in [6.45, 7) is 3.13. The Morgan fingerprint density at radius 2 is 2.41 bits per heavy atom. The number of nitrogens with one attached hydrogen (secondary N) is 1. The molecule has 2 heterocycles. The Balaban J connectivity index is 2.33. The van der Waals surface area contributed by atoms with Crippen LogP contribution in [0.3, 0.4) is 0 Å². The summed E-state index contributed by atoms with van der Waals surface area (Å²) in [6.07, 6.45) is 1.10. The molecule has 0 radical (unpaired) electrons. The zero-order valence-corrected chi connectivity index (χ0v) is 12.3. The lowest BCUT2D eigenvalue weighted by molar-refractivity contribution is 0.550. The average Bonchev–Trinajstić information content (AvgIpc) is 2.93. The minimum atomic E-state index is 0.149. The smallest absolute Gasteiger partial charge is 0.153 e. The van der Waals surface area contributed by atoms with Crippen LogP contribution in [0, 0.1) is 0 Å². The first kappa shape index (κ1) is 12.7. The molecule has 0 amide bonds. The molecule has 0 saturated carbocycles. The van der Waals surface area contributed by atoms with Crippen molar-refractivity contribution in [3.05, 3.63) is 32.7 Å². The topological polar surface area (TPSA) is 42.7 Å². The van der Waals surface area contributed by atoms with Gasteiger partial charge in [0.25, 0.3) is 0 Å². The van der Waals surface area contributed by atoms with E-state index < -0.39 is 0 Å². The van der Waals surface area contributed by atoms with Crippen molar-refractivity contribution in [3.63, 3.8) is 0 Å². The first-order chi connectivity index (χ1) is 8.24. The second-order valence-electron chi connectivity index (χ2n) is 3.83. The van der Waals surface area contributed by atoms with Crippen molar-refractivity contribution >= 4 is 27.3 Å². The van der Waals surface area contributed by atoms with Gasteiger partial charge in [-0.1, -0.05) is 12.1 Å². The van der Waals surface area contributed by atoms with Crippen molar-refractivity contribution in [2.24, 2.45) is 7.05 Å². The van der Waals surface area contributed by atoms with Crippen molar-refractivity contribution in [1.82, 2.24) is 20.3 Å². The normalized spacial score (nSPS) is 12.9. The van der Waals surface area contributed by atoms with Gasteiger partial charge in [-0.15, -0.1) is 5.10 Å². The van der Waals surface area contributed by atoms with E-state index in [1.807, 2.05) is 11.7 Å². The molecule has 0 bridgehead atoms. The lowest BCUT2D eigenvalue weighted by Gasteiger charge is -2.17. The summed E-state index contributed by atoms with van der Waals surface area (Å²) in [4.78, 5) is 0. The van der Waals surface area contributed by atoms with E-state index >= 15 is 0 Å². The van der Waals surface area contributed by atoms with Gasteiger partial charge in [-0.25, -0.2) is 4.68 Å². The molecule has 2 aromatic rings. The van der Waals surface area contributed by atoms with Crippen LogP contribution < -0.4 is 5.32 Å². The fourth-order valence-corrected chi connectivity index (χ4v) is 2.99. The Morgan fingerprint density at radius 3 is 2.94 bits per heavy atom. The van der Waals surface area contributed by atoms with Crippen LogP contribution in [0.15, 0.2) is 21.4 Å². The number of rotatable bonds is 5. The standard InChI is InChI=1S/C11H15BrN4S/c1-3-5-13-9(8-4-6-17-7-8)10-11(12)14-15-16(10)2/h4,6-7,9,13H,3,5H2,1-2H3. The molecule has 92 valence electrons. The molecular formula is C11H15BrN4S. The predicted molar refractivity (Wildman–Crippen MR) is 73.2 cm³/mol. The highest BCUT2D eigenvalue weighted by atomic mass is 79.9. The average molecular weight is 315 g/mol. The van der Waals surface area contributed by atoms with E-state index in [9.17, 15) is 0 Å². The van der Waals surface area contributed by atoms with E-state index in [0.717, 1.165) is 23.3 Å². The van der Waals surface area contributed by atoms with E-state index in [4.69, 9.17) is 0 Å². The molecule has 1 unspecified atom stereocenters. The SMILES string of the molecule is CCCNC(c1ccsc1)c1c(Br)nnn1C. The molecule has 0 aliphatic rings. The molecular weight excluding hydrogens is 300 g/mol. The van der Waals surface area contributed by atoms with Crippen molar-refractivity contribution in [1.29, 1.82) is 0 Å². The number of halogens is 1. The third kappa shape index (κ3) is 2.75. The van der Waals surface area contributed by atoms with Gasteiger partial charge in [0.2, 0.25) is 0 Å². The summed E-state index contributed by atoms with van der Waals surface area (Å²) in [5, 5.41) is 15.9. The van der Waals surface area contributed by atoms with E-state index in [-0.39, 0.29) is 6.04 Å². The molecule has 6 heteroatoms. The molecule has 0 saturated heterocycles. The van der Waals surface area contributed by atoms with E-state index in [0.29, 0.717) is 0 Å². The highest BCUT2D eigenvalue weighted by Crippen LogP contribution is 2.27. The molecule has 1 N–H and O–H groups in total. The first-order valence-electron chi connectivity index (χ1n) is 5.54. The van der Waals surface area contributed by atoms with Gasteiger partial charge in [0.1, 0.15) is 0 Å². The predicted octanol–water partition coefficient (Wildman–Crippen LogP) is 2.73. The number of hydrogen-bond donors (Lipinski definition) is 1. The number of hydrogen-bond acceptors (Lipinski definition) is 4. The van der Waals surface area contributed by atoms with Gasteiger partial charge in [-0.2, -0.15) is 11.3 Å². The molecule has 0 fully saturated rings. The van der Waals surface area contributed by atoms with Crippen LogP contribution in [0.4, 0.5) is 0 Å². The summed E-state index contributed by atoms with van der Waals surface area (Å²) < 4.78 is 2.62. The van der Waals surface area contributed by atoms with Crippen LogP contribution in [0.5, 0.6) is 0 Å². The minimum absolute atomic E-state index is 0.149. The van der Waals surface area contributed by atoms with Crippen LogP contribution in [-0.4, -0.2) is 21.5 Å². The largest absolute Gasteiger partial charge is 0.305 e. The molecule has 2 aromatic heterocycles. The Kier molecular flexibility index (Phi) is 4.31. The van der Waals surface area contributed by atoms with Gasteiger partial charge in [0.05, 0.1) is 11.7 Å². The van der Waals surface area contributed by atoms with E-state index in [1.54, 1.807) is 11.3 Å². The van der Waals surface area contributed by atoms with Gasteiger partial charge in [-0.05, 0) is 51.3 Å². The van der Waals surface area contributed by atoms with Gasteiger partial charge >= 0.3 is 0 Å². The number of aryl methyl sites for hydroxylation is 1. The quantitative estimate of drug-likeness (QED) is 0.922. The van der Waals surface area contributed by atoms with E-state index in [1.165, 1.54) is 5.56 Å². The summed E-state index contributed by atoms with van der Waals surface area (Å²) >= 11 is 5.17. The highest BCUT2D eigenvalue weighted by Gasteiger charge is 2.21. The summed E-state index contributed by atoms with van der Waals surface area (Å²) in [6, 6.07) is 2.29. The van der Waals surface area contributed by atoms with Crippen LogP contribution in [0.2, 0.25) is 0 Å². The van der Waals surface area contributed by atoms with Crippen LogP contribution in [-0.2, 0) is 7.05 Å². The zero-order valence-electron chi connectivity index (χ0n) is 9.85. The monoisotopic (exact) mass is 314 g/mol. The molecule has 0 aliphatic carbocycles. The Labute approximate surface area is 113 Å². The number of nitrogens with zero attached hydrogens (tertiary/aromatic N) is 3. The zero-order chi connectivity index (χ0) is 12.3. The fraction of sp³-hybridized carbons (Fsp3) is 0.455. The van der Waals surface area contributed by atoms with Crippen molar-refractivity contribution in [3.8, 4) is 0 Å². The third-order valence-electron chi connectivity index (χ3n) is 2.58. The molecule has 2 rings (SSSR count). The Bertz CT molecular complexity index is 446. The van der Waals surface area contributed by atoms with E-state index in [2.05, 4.69) is 55.3 Å². The second kappa shape index (κ2) is 5.75. The maximum absolute atomic E-state index is 4.05. The summed E-state index contributed by atoms with van der Waals surface area (Å²) in [5.74, 6) is 0. The fourth-order valence-electron chi connectivity index (χ4n) is 1.75. The van der Waals surface area contributed by atoms with Crippen molar-refractivity contribution in [2.45, 2.75) is 19.4 Å². The molecule has 17 heavy (non-hydrogen) atoms. The summed E-state index contributed by atoms with van der Waals surface area (Å²) in [5.41, 5.74) is 2.33. The number of aromatic nitrogens is 3. The minimum Gasteiger partial charge on any atom is -0.305 e. The Morgan fingerprint density at radius 1 is 1.59 bits per heavy atom. The van der Waals surface area contributed by atoms with Crippen molar-refractivity contribution < 1.29 is 0 Å². The van der Waals surface area contributed by atoms with Crippen LogP contribution in [0.1, 0.15) is 30.6 Å². The van der Waals surface area contributed by atoms with Crippen molar-refractivity contribution in [2.75, 3.05) is 6.54 Å². The van der Waals surface area contributed by atoms with Gasteiger partial charge in [-0.3, -0.25) is 0 Å². The summed E-state index contributed by atoms with van der Waals surface area (Å²) in [7, 11) is 1.92. The Hall–Kier alpha value is -0.720. The first-order valence-corrected chi connectivity index (χ1v) is 7.28.